The van der Waals surface area contributed by atoms with Crippen molar-refractivity contribution in [3.8, 4) is 0 Å². The van der Waals surface area contributed by atoms with Crippen LogP contribution in [0.2, 0.25) is 0 Å². The molecule has 2 aliphatic rings. The van der Waals surface area contributed by atoms with Crippen molar-refractivity contribution in [2.24, 2.45) is 0 Å². The second kappa shape index (κ2) is 13.8. The number of hydrogen-bond acceptors (Lipinski definition) is 7. The summed E-state index contributed by atoms with van der Waals surface area (Å²) >= 11 is 1.66. The van der Waals surface area contributed by atoms with Crippen LogP contribution in [0.4, 0.5) is 0 Å². The van der Waals surface area contributed by atoms with Crippen molar-refractivity contribution in [3.05, 3.63) is 0 Å². The number of thioether (sulfide) groups is 1. The number of carbonyl (C=O) groups excluding carboxylic acids is 3. The highest BCUT2D eigenvalue weighted by molar-refractivity contribution is 7.99. The molecule has 188 valence electrons. The number of ether oxygens (including phenoxy) is 1. The Kier molecular flexibility index (Phi) is 11.5. The van der Waals surface area contributed by atoms with Crippen molar-refractivity contribution >= 4 is 35.5 Å². The molecule has 33 heavy (non-hydrogen) atoms. The lowest BCUT2D eigenvalue weighted by Crippen LogP contribution is -2.56. The number of amides is 2. The van der Waals surface area contributed by atoms with Crippen molar-refractivity contribution in [3.63, 3.8) is 0 Å². The van der Waals surface area contributed by atoms with E-state index in [9.17, 15) is 24.3 Å². The minimum absolute atomic E-state index is 0.248. The van der Waals surface area contributed by atoms with E-state index in [4.69, 9.17) is 4.74 Å². The Morgan fingerprint density at radius 3 is 2.36 bits per heavy atom. The third kappa shape index (κ3) is 7.60. The summed E-state index contributed by atoms with van der Waals surface area (Å²) in [6, 6.07) is -2.74. The van der Waals surface area contributed by atoms with Crippen LogP contribution in [0.5, 0.6) is 0 Å². The van der Waals surface area contributed by atoms with Crippen molar-refractivity contribution in [2.75, 3.05) is 31.2 Å². The molecule has 0 saturated carbocycles. The first-order chi connectivity index (χ1) is 15.8. The zero-order valence-electron chi connectivity index (χ0n) is 20.1. The second-order valence-corrected chi connectivity index (χ2v) is 9.84. The zero-order chi connectivity index (χ0) is 24.4. The lowest BCUT2D eigenvalue weighted by Gasteiger charge is -2.32. The Morgan fingerprint density at radius 1 is 1.06 bits per heavy atom. The summed E-state index contributed by atoms with van der Waals surface area (Å²) in [6.07, 6.45) is 5.66. The van der Waals surface area contributed by atoms with E-state index >= 15 is 0 Å². The molecule has 2 N–H and O–H groups in total. The highest BCUT2D eigenvalue weighted by atomic mass is 32.2. The van der Waals surface area contributed by atoms with E-state index in [0.29, 0.717) is 44.5 Å². The number of carbonyl (C=O) groups is 4. The van der Waals surface area contributed by atoms with Gasteiger partial charge in [0.1, 0.15) is 18.1 Å². The van der Waals surface area contributed by atoms with Gasteiger partial charge in [-0.2, -0.15) is 11.8 Å². The topological polar surface area (TPSA) is 116 Å². The van der Waals surface area contributed by atoms with Crippen LogP contribution in [-0.2, 0) is 23.9 Å². The first kappa shape index (κ1) is 27.4. The molecular formula is C23H39N3O6S. The molecule has 0 aromatic rings. The van der Waals surface area contributed by atoms with Gasteiger partial charge in [0.25, 0.3) is 0 Å². The monoisotopic (exact) mass is 485 g/mol. The smallest absolute Gasteiger partial charge is 0.326 e. The largest absolute Gasteiger partial charge is 0.480 e. The van der Waals surface area contributed by atoms with Crippen LogP contribution in [0, 0.1) is 0 Å². The molecular weight excluding hydrogens is 446 g/mol. The molecule has 10 heteroatoms. The van der Waals surface area contributed by atoms with E-state index in [1.54, 1.807) is 30.5 Å². The molecule has 0 aromatic heterocycles. The fourth-order valence-electron chi connectivity index (χ4n) is 4.47. The van der Waals surface area contributed by atoms with E-state index in [2.05, 4.69) is 12.2 Å². The summed E-state index contributed by atoms with van der Waals surface area (Å²) in [6.45, 7) is 6.71. The molecule has 0 spiro atoms. The van der Waals surface area contributed by atoms with Crippen molar-refractivity contribution in [1.29, 1.82) is 0 Å². The number of rotatable bonds is 13. The van der Waals surface area contributed by atoms with Crippen LogP contribution in [0.1, 0.15) is 65.7 Å². The zero-order valence-corrected chi connectivity index (χ0v) is 20.9. The third-order valence-electron chi connectivity index (χ3n) is 6.21. The summed E-state index contributed by atoms with van der Waals surface area (Å²) < 4.78 is 5.19. The van der Waals surface area contributed by atoms with Crippen LogP contribution in [0.3, 0.4) is 0 Å². The quantitative estimate of drug-likeness (QED) is 0.300. The van der Waals surface area contributed by atoms with Gasteiger partial charge in [0, 0.05) is 18.8 Å². The molecule has 4 atom stereocenters. The van der Waals surface area contributed by atoms with E-state index in [-0.39, 0.29) is 24.4 Å². The van der Waals surface area contributed by atoms with E-state index in [0.717, 1.165) is 25.0 Å². The Hall–Kier alpha value is -1.81. The van der Waals surface area contributed by atoms with Gasteiger partial charge in [0.05, 0.1) is 12.6 Å². The Labute approximate surface area is 201 Å². The predicted molar refractivity (Wildman–Crippen MR) is 127 cm³/mol. The van der Waals surface area contributed by atoms with Gasteiger partial charge in [-0.25, -0.2) is 4.79 Å². The van der Waals surface area contributed by atoms with Crippen LogP contribution in [0.25, 0.3) is 0 Å². The molecule has 2 aliphatic heterocycles. The Balaban J connectivity index is 2.00. The maximum Gasteiger partial charge on any atom is 0.326 e. The van der Waals surface area contributed by atoms with Gasteiger partial charge in [-0.05, 0) is 51.7 Å². The standard InChI is InChI=1S/C23H39N3O6S/c1-4-6-7-14-33-15-17(23(31)32-5-2)24-16(3)20(27)25-12-8-10-18(25)21(28)26-13-9-11-19(26)22(29)30/h16-19,24H,4-15H2,1-3H3,(H,29,30)/t16-,17-,18-,19-/m0/s1. The summed E-state index contributed by atoms with van der Waals surface area (Å²) in [5, 5.41) is 12.5. The minimum Gasteiger partial charge on any atom is -0.480 e. The summed E-state index contributed by atoms with van der Waals surface area (Å²) in [7, 11) is 0. The van der Waals surface area contributed by atoms with Crippen molar-refractivity contribution < 1.29 is 29.0 Å². The van der Waals surface area contributed by atoms with Gasteiger partial charge in [-0.1, -0.05) is 19.8 Å². The fraction of sp³-hybridized carbons (Fsp3) is 0.826. The number of nitrogens with zero attached hydrogens (tertiary/aromatic N) is 2. The lowest BCUT2D eigenvalue weighted by molar-refractivity contribution is -0.152. The average Bonchev–Trinajstić information content (AvgIpc) is 3.47. The van der Waals surface area contributed by atoms with Crippen LogP contribution in [-0.4, -0.2) is 94.0 Å². The molecule has 0 aliphatic carbocycles. The normalized spacial score (nSPS) is 22.3. The molecule has 0 unspecified atom stereocenters. The Bertz CT molecular complexity index is 691. The second-order valence-electron chi connectivity index (χ2n) is 8.69. The molecule has 0 radical (unpaired) electrons. The molecule has 2 heterocycles. The SMILES string of the molecule is CCCCCSC[C@H](N[C@@H](C)C(=O)N1CCC[C@H]1C(=O)N1CCC[C@H]1C(=O)O)C(=O)OCC. The van der Waals surface area contributed by atoms with Gasteiger partial charge >= 0.3 is 11.9 Å². The number of carboxylic acids is 1. The summed E-state index contributed by atoms with van der Waals surface area (Å²) in [4.78, 5) is 53.3. The van der Waals surface area contributed by atoms with Gasteiger partial charge in [-0.3, -0.25) is 19.7 Å². The summed E-state index contributed by atoms with van der Waals surface area (Å²) in [5.74, 6) is -0.460. The maximum atomic E-state index is 13.2. The lowest BCUT2D eigenvalue weighted by atomic mass is 10.1. The van der Waals surface area contributed by atoms with E-state index < -0.39 is 30.1 Å². The molecule has 9 nitrogen and oxygen atoms in total. The highest BCUT2D eigenvalue weighted by Gasteiger charge is 2.43. The first-order valence-corrected chi connectivity index (χ1v) is 13.3. The van der Waals surface area contributed by atoms with Crippen LogP contribution >= 0.6 is 11.8 Å². The molecule has 0 bridgehead atoms. The average molecular weight is 486 g/mol. The van der Waals surface area contributed by atoms with E-state index in [1.807, 2.05) is 0 Å². The number of hydrogen-bond donors (Lipinski definition) is 2. The third-order valence-corrected chi connectivity index (χ3v) is 7.36. The molecule has 2 saturated heterocycles. The number of nitrogens with one attached hydrogen (secondary N) is 1. The van der Waals surface area contributed by atoms with Crippen LogP contribution < -0.4 is 5.32 Å². The maximum absolute atomic E-state index is 13.2. The number of carboxylic acid groups (broad SMARTS) is 1. The molecule has 2 fully saturated rings. The van der Waals surface area contributed by atoms with E-state index in [1.165, 1.54) is 4.90 Å². The van der Waals surface area contributed by atoms with Gasteiger partial charge < -0.3 is 19.6 Å². The molecule has 2 rings (SSSR count). The number of esters is 1. The fourth-order valence-corrected chi connectivity index (χ4v) is 5.51. The highest BCUT2D eigenvalue weighted by Crippen LogP contribution is 2.25. The first-order valence-electron chi connectivity index (χ1n) is 12.2. The number of likely N-dealkylation sites (tertiary alicyclic amines) is 2. The van der Waals surface area contributed by atoms with Crippen molar-refractivity contribution in [2.45, 2.75) is 89.9 Å². The minimum atomic E-state index is -1.000. The Morgan fingerprint density at radius 2 is 1.73 bits per heavy atom. The molecule has 2 amide bonds. The predicted octanol–water partition coefficient (Wildman–Crippen LogP) is 1.89. The van der Waals surface area contributed by atoms with Gasteiger partial charge in [-0.15, -0.1) is 0 Å². The van der Waals surface area contributed by atoms with Gasteiger partial charge in [0.2, 0.25) is 11.8 Å². The van der Waals surface area contributed by atoms with Crippen molar-refractivity contribution in [1.82, 2.24) is 15.1 Å². The number of unbranched alkanes of at least 4 members (excludes halogenated alkanes) is 2. The number of aliphatic carboxylic acids is 1. The van der Waals surface area contributed by atoms with Gasteiger partial charge in [0.15, 0.2) is 0 Å². The molecule has 0 aromatic carbocycles. The summed E-state index contributed by atoms with van der Waals surface area (Å²) in [5.41, 5.74) is 0. The van der Waals surface area contributed by atoms with Crippen LogP contribution in [0.15, 0.2) is 0 Å².